The molecule has 4 heterocycles. The number of nitriles is 1. The Hall–Kier alpha value is -3.71. The summed E-state index contributed by atoms with van der Waals surface area (Å²) < 4.78 is 14.3. The molecule has 0 saturated carbocycles. The van der Waals surface area contributed by atoms with Crippen molar-refractivity contribution in [3.63, 3.8) is 0 Å². The third-order valence-electron chi connectivity index (χ3n) is 9.00. The highest BCUT2D eigenvalue weighted by atomic mass is 19.1. The monoisotopic (exact) mass is 544 g/mol. The lowest BCUT2D eigenvalue weighted by Crippen LogP contribution is -2.58. The number of likely N-dealkylation sites (N-methyl/N-ethyl adjacent to an activating group) is 1. The van der Waals surface area contributed by atoms with Crippen molar-refractivity contribution in [1.29, 1.82) is 5.26 Å². The minimum atomic E-state index is -0.216. The van der Waals surface area contributed by atoms with Gasteiger partial charge in [-0.25, -0.2) is 9.37 Å². The van der Waals surface area contributed by atoms with Crippen LogP contribution in [0.4, 0.5) is 21.8 Å². The summed E-state index contributed by atoms with van der Waals surface area (Å²) in [5.74, 6) is 1.36. The van der Waals surface area contributed by atoms with Gasteiger partial charge in [0.05, 0.1) is 24.2 Å². The highest BCUT2D eigenvalue weighted by molar-refractivity contribution is 5.87. The molecule has 6 rings (SSSR count). The number of anilines is 3. The Morgan fingerprint density at radius 1 is 1.20 bits per heavy atom. The van der Waals surface area contributed by atoms with Crippen molar-refractivity contribution < 1.29 is 9.18 Å². The zero-order chi connectivity index (χ0) is 27.8. The molecule has 4 aliphatic rings. The zero-order valence-electron chi connectivity index (χ0n) is 23.2. The topological polar surface area (TPSA) is 91.6 Å². The van der Waals surface area contributed by atoms with E-state index in [1.165, 1.54) is 17.2 Å². The molecule has 3 aliphatic heterocycles. The molecular formula is C30H37FN8O. The third kappa shape index (κ3) is 4.87. The van der Waals surface area contributed by atoms with Crippen LogP contribution in [0.25, 0.3) is 0 Å². The molecule has 210 valence electrons. The molecule has 1 aliphatic carbocycles. The van der Waals surface area contributed by atoms with Gasteiger partial charge in [-0.1, -0.05) is 12.6 Å². The number of carbonyl (C=O) groups is 1. The number of amides is 1. The van der Waals surface area contributed by atoms with E-state index in [4.69, 9.17) is 9.97 Å². The maximum Gasteiger partial charge on any atom is 0.246 e. The number of halogens is 1. The normalized spacial score (nSPS) is 22.7. The van der Waals surface area contributed by atoms with E-state index < -0.39 is 0 Å². The Labute approximate surface area is 235 Å². The number of rotatable bonds is 6. The predicted molar refractivity (Wildman–Crippen MR) is 153 cm³/mol. The Kier molecular flexibility index (Phi) is 7.32. The minimum absolute atomic E-state index is 0.134. The summed E-state index contributed by atoms with van der Waals surface area (Å²) >= 11 is 0. The summed E-state index contributed by atoms with van der Waals surface area (Å²) in [6.45, 7) is 8.00. The summed E-state index contributed by atoms with van der Waals surface area (Å²) in [6, 6.07) is 7.91. The van der Waals surface area contributed by atoms with Gasteiger partial charge in [0.25, 0.3) is 0 Å². The number of nitrogens with one attached hydrogen (secondary N) is 1. The van der Waals surface area contributed by atoms with Crippen LogP contribution in [0, 0.1) is 17.1 Å². The first-order valence-electron chi connectivity index (χ1n) is 14.4. The second kappa shape index (κ2) is 11.0. The fourth-order valence-electron chi connectivity index (χ4n) is 6.75. The summed E-state index contributed by atoms with van der Waals surface area (Å²) in [7, 11) is 1.98. The summed E-state index contributed by atoms with van der Waals surface area (Å²) in [6.07, 6.45) is 6.21. The maximum atomic E-state index is 14.3. The lowest BCUT2D eigenvalue weighted by Gasteiger charge is -2.44. The fraction of sp³-hybridized carbons (Fsp3) is 0.533. The average Bonchev–Trinajstić information content (AvgIpc) is 2.95. The van der Waals surface area contributed by atoms with Crippen molar-refractivity contribution in [3.8, 4) is 6.07 Å². The highest BCUT2D eigenvalue weighted by Gasteiger charge is 2.36. The van der Waals surface area contributed by atoms with Crippen molar-refractivity contribution in [1.82, 2.24) is 20.2 Å². The maximum absolute atomic E-state index is 14.3. The fourth-order valence-corrected chi connectivity index (χ4v) is 6.75. The number of aryl methyl sites for hydroxylation is 1. The van der Waals surface area contributed by atoms with Gasteiger partial charge in [-0.05, 0) is 56.5 Å². The number of carbonyl (C=O) groups excluding carboxylic acids is 1. The largest absolute Gasteiger partial charge is 0.368 e. The van der Waals surface area contributed by atoms with E-state index in [1.54, 1.807) is 17.0 Å². The van der Waals surface area contributed by atoms with Gasteiger partial charge in [0.1, 0.15) is 11.6 Å². The van der Waals surface area contributed by atoms with Crippen molar-refractivity contribution in [2.45, 2.75) is 56.7 Å². The number of nitrogens with zero attached hydrogens (tertiary/aromatic N) is 7. The van der Waals surface area contributed by atoms with Gasteiger partial charge in [0.2, 0.25) is 11.9 Å². The molecule has 10 heteroatoms. The van der Waals surface area contributed by atoms with E-state index in [2.05, 4.69) is 32.7 Å². The second-order valence-electron chi connectivity index (χ2n) is 11.3. The number of fused-ring (bicyclic) bond motifs is 2. The van der Waals surface area contributed by atoms with Gasteiger partial charge in [0, 0.05) is 69.0 Å². The Morgan fingerprint density at radius 2 is 2.05 bits per heavy atom. The van der Waals surface area contributed by atoms with E-state index in [-0.39, 0.29) is 30.2 Å². The molecule has 2 fully saturated rings. The highest BCUT2D eigenvalue weighted by Crippen LogP contribution is 2.37. The summed E-state index contributed by atoms with van der Waals surface area (Å²) in [5.41, 5.74) is 4.48. The number of hydrogen-bond acceptors (Lipinski definition) is 8. The third-order valence-corrected chi connectivity index (χ3v) is 9.00. The van der Waals surface area contributed by atoms with Crippen molar-refractivity contribution in [2.75, 3.05) is 61.0 Å². The second-order valence-corrected chi connectivity index (χ2v) is 11.3. The van der Waals surface area contributed by atoms with Crippen LogP contribution in [0.15, 0.2) is 30.9 Å². The summed E-state index contributed by atoms with van der Waals surface area (Å²) in [5, 5.41) is 12.8. The van der Waals surface area contributed by atoms with Crippen LogP contribution in [0.5, 0.6) is 0 Å². The smallest absolute Gasteiger partial charge is 0.246 e. The van der Waals surface area contributed by atoms with Crippen molar-refractivity contribution in [2.24, 2.45) is 0 Å². The SMILES string of the molecule is C=CC(=O)N1CCN(c2nc(N3CC(NC)C3)nc3c2CC[C@@H](N2CCCc4ccc(F)cc42)C3)C[C@@H]1CC#N. The van der Waals surface area contributed by atoms with E-state index in [0.717, 1.165) is 74.9 Å². The molecule has 0 radical (unpaired) electrons. The lowest BCUT2D eigenvalue weighted by molar-refractivity contribution is -0.128. The molecule has 0 bridgehead atoms. The van der Waals surface area contributed by atoms with Gasteiger partial charge in [-0.2, -0.15) is 10.2 Å². The molecule has 0 unspecified atom stereocenters. The van der Waals surface area contributed by atoms with Crippen molar-refractivity contribution >= 4 is 23.4 Å². The molecule has 1 aromatic carbocycles. The Balaban J connectivity index is 1.32. The number of hydrogen-bond donors (Lipinski definition) is 1. The van der Waals surface area contributed by atoms with Crippen LogP contribution in [0.2, 0.25) is 0 Å². The Bertz CT molecular complexity index is 1340. The molecule has 1 amide bonds. The van der Waals surface area contributed by atoms with E-state index in [9.17, 15) is 14.4 Å². The molecule has 1 N–H and O–H groups in total. The first-order chi connectivity index (χ1) is 19.5. The molecule has 40 heavy (non-hydrogen) atoms. The van der Waals surface area contributed by atoms with E-state index >= 15 is 0 Å². The molecule has 2 saturated heterocycles. The average molecular weight is 545 g/mol. The number of aromatic nitrogens is 2. The van der Waals surface area contributed by atoms with E-state index in [1.807, 2.05) is 13.1 Å². The van der Waals surface area contributed by atoms with Crippen molar-refractivity contribution in [3.05, 3.63) is 53.5 Å². The lowest BCUT2D eigenvalue weighted by atomic mass is 9.88. The van der Waals surface area contributed by atoms with Crippen LogP contribution in [0.1, 0.15) is 36.1 Å². The molecule has 0 spiro atoms. The first kappa shape index (κ1) is 26.5. The van der Waals surface area contributed by atoms with Gasteiger partial charge in [-0.3, -0.25) is 4.79 Å². The number of piperazine rings is 1. The van der Waals surface area contributed by atoms with Crippen LogP contribution in [0.3, 0.4) is 0 Å². The van der Waals surface area contributed by atoms with Gasteiger partial charge < -0.3 is 24.9 Å². The quantitative estimate of drug-likeness (QED) is 0.555. The van der Waals surface area contributed by atoms with Crippen LogP contribution in [-0.2, 0) is 24.1 Å². The predicted octanol–water partition coefficient (Wildman–Crippen LogP) is 2.45. The van der Waals surface area contributed by atoms with Gasteiger partial charge >= 0.3 is 0 Å². The standard InChI is InChI=1S/C30H37FN8O/c1-3-28(40)39-14-13-36(19-24(39)10-11-32)29-25-9-8-23(38-12-4-5-20-6-7-21(31)15-27(20)38)16-26(25)34-30(35-29)37-17-22(18-37)33-2/h3,6-7,15,22-24,33H,1,4-5,8-10,12-14,16-19H2,2H3/t23-,24+/m1/s1. The molecule has 1 aromatic heterocycles. The van der Waals surface area contributed by atoms with E-state index in [0.29, 0.717) is 25.7 Å². The van der Waals surface area contributed by atoms with Gasteiger partial charge in [0.15, 0.2) is 0 Å². The van der Waals surface area contributed by atoms with Gasteiger partial charge in [-0.15, -0.1) is 0 Å². The van der Waals surface area contributed by atoms with Crippen LogP contribution < -0.4 is 20.0 Å². The van der Waals surface area contributed by atoms with Crippen LogP contribution in [-0.4, -0.2) is 85.2 Å². The zero-order valence-corrected chi connectivity index (χ0v) is 23.2. The summed E-state index contributed by atoms with van der Waals surface area (Å²) in [4.78, 5) is 31.3. The van der Waals surface area contributed by atoms with Crippen LogP contribution >= 0.6 is 0 Å². The molecular weight excluding hydrogens is 507 g/mol. The first-order valence-corrected chi connectivity index (χ1v) is 14.4. The molecule has 2 atom stereocenters. The number of benzene rings is 1. The Morgan fingerprint density at radius 3 is 2.83 bits per heavy atom. The minimum Gasteiger partial charge on any atom is -0.368 e. The molecule has 2 aromatic rings. The molecule has 9 nitrogen and oxygen atoms in total.